The van der Waals surface area contributed by atoms with Gasteiger partial charge in [-0.25, -0.2) is 0 Å². The number of hydrogen-bond acceptors (Lipinski definition) is 4. The molecule has 0 radical (unpaired) electrons. The molecule has 0 aliphatic heterocycles. The molecule has 1 heterocycles. The van der Waals surface area contributed by atoms with Gasteiger partial charge in [-0.1, -0.05) is 11.6 Å². The van der Waals surface area contributed by atoms with Gasteiger partial charge in [-0.05, 0) is 31.5 Å². The van der Waals surface area contributed by atoms with Crippen molar-refractivity contribution in [3.8, 4) is 17.0 Å². The van der Waals surface area contributed by atoms with Gasteiger partial charge in [-0.15, -0.1) is 0 Å². The first kappa shape index (κ1) is 11.8. The van der Waals surface area contributed by atoms with E-state index in [-0.39, 0.29) is 6.01 Å². The standard InChI is InChI=1S/C12H13ClN2O2/c1-6-4-10(16-3)8(5-9(6)13)11-7(2)17-12(14)15-11/h4-5H,1-3H3,(H2,14,15). The number of ether oxygens (including phenoxy) is 1. The van der Waals surface area contributed by atoms with Crippen LogP contribution in [0, 0.1) is 13.8 Å². The maximum atomic E-state index is 6.11. The van der Waals surface area contributed by atoms with Gasteiger partial charge in [0.25, 0.3) is 6.01 Å². The summed E-state index contributed by atoms with van der Waals surface area (Å²) in [5.41, 5.74) is 7.90. The van der Waals surface area contributed by atoms with Crippen LogP contribution < -0.4 is 10.5 Å². The molecule has 1 aromatic heterocycles. The van der Waals surface area contributed by atoms with E-state index < -0.39 is 0 Å². The molecule has 4 nitrogen and oxygen atoms in total. The van der Waals surface area contributed by atoms with Crippen molar-refractivity contribution in [1.29, 1.82) is 0 Å². The predicted octanol–water partition coefficient (Wildman–Crippen LogP) is 3.20. The molecule has 0 bridgehead atoms. The maximum Gasteiger partial charge on any atom is 0.292 e. The Morgan fingerprint density at radius 2 is 2.06 bits per heavy atom. The van der Waals surface area contributed by atoms with Crippen molar-refractivity contribution >= 4 is 17.6 Å². The van der Waals surface area contributed by atoms with E-state index in [1.54, 1.807) is 20.1 Å². The van der Waals surface area contributed by atoms with Crippen molar-refractivity contribution < 1.29 is 9.15 Å². The van der Waals surface area contributed by atoms with E-state index in [0.717, 1.165) is 11.1 Å². The highest BCUT2D eigenvalue weighted by molar-refractivity contribution is 6.31. The Kier molecular flexibility index (Phi) is 2.98. The highest BCUT2D eigenvalue weighted by Crippen LogP contribution is 2.36. The van der Waals surface area contributed by atoms with Gasteiger partial charge >= 0.3 is 0 Å². The zero-order valence-electron chi connectivity index (χ0n) is 9.87. The third-order valence-corrected chi connectivity index (χ3v) is 2.96. The van der Waals surface area contributed by atoms with Gasteiger partial charge in [0.1, 0.15) is 17.2 Å². The summed E-state index contributed by atoms with van der Waals surface area (Å²) >= 11 is 6.11. The topological polar surface area (TPSA) is 61.3 Å². The van der Waals surface area contributed by atoms with Gasteiger partial charge in [-0.3, -0.25) is 0 Å². The number of benzene rings is 1. The largest absolute Gasteiger partial charge is 0.496 e. The van der Waals surface area contributed by atoms with Crippen LogP contribution in [0.2, 0.25) is 5.02 Å². The molecule has 0 unspecified atom stereocenters. The Morgan fingerprint density at radius 3 is 2.59 bits per heavy atom. The zero-order chi connectivity index (χ0) is 12.6. The number of oxazole rings is 1. The Bertz CT molecular complexity index is 564. The molecule has 2 aromatic rings. The second kappa shape index (κ2) is 4.30. The van der Waals surface area contributed by atoms with E-state index in [0.29, 0.717) is 22.2 Å². The molecule has 17 heavy (non-hydrogen) atoms. The Morgan fingerprint density at radius 1 is 1.35 bits per heavy atom. The minimum Gasteiger partial charge on any atom is -0.496 e. The van der Waals surface area contributed by atoms with E-state index in [1.807, 2.05) is 13.0 Å². The van der Waals surface area contributed by atoms with E-state index in [9.17, 15) is 0 Å². The molecule has 0 spiro atoms. The first-order chi connectivity index (χ1) is 8.02. The average molecular weight is 253 g/mol. The second-order valence-electron chi connectivity index (χ2n) is 3.76. The molecule has 0 aliphatic rings. The average Bonchev–Trinajstić information content (AvgIpc) is 2.61. The fraction of sp³-hybridized carbons (Fsp3) is 0.250. The number of aryl methyl sites for hydroxylation is 2. The number of methoxy groups -OCH3 is 1. The Hall–Kier alpha value is -1.68. The third-order valence-electron chi connectivity index (χ3n) is 2.55. The fourth-order valence-corrected chi connectivity index (χ4v) is 1.84. The van der Waals surface area contributed by atoms with Crippen molar-refractivity contribution in [2.45, 2.75) is 13.8 Å². The molecular weight excluding hydrogens is 240 g/mol. The fourth-order valence-electron chi connectivity index (χ4n) is 1.68. The van der Waals surface area contributed by atoms with E-state index >= 15 is 0 Å². The Labute approximate surface area is 104 Å². The lowest BCUT2D eigenvalue weighted by atomic mass is 10.1. The van der Waals surface area contributed by atoms with E-state index in [4.69, 9.17) is 26.5 Å². The van der Waals surface area contributed by atoms with Gasteiger partial charge in [0.15, 0.2) is 0 Å². The normalized spacial score (nSPS) is 10.6. The lowest BCUT2D eigenvalue weighted by Crippen LogP contribution is -1.92. The van der Waals surface area contributed by atoms with E-state index in [2.05, 4.69) is 4.98 Å². The molecule has 0 amide bonds. The predicted molar refractivity (Wildman–Crippen MR) is 67.4 cm³/mol. The van der Waals surface area contributed by atoms with Gasteiger partial charge in [0, 0.05) is 10.6 Å². The van der Waals surface area contributed by atoms with Crippen LogP contribution in [0.3, 0.4) is 0 Å². The monoisotopic (exact) mass is 252 g/mol. The number of halogens is 1. The molecule has 2 rings (SSSR count). The number of hydrogen-bond donors (Lipinski definition) is 1. The third kappa shape index (κ3) is 2.08. The van der Waals surface area contributed by atoms with Crippen LogP contribution in [0.25, 0.3) is 11.3 Å². The van der Waals surface area contributed by atoms with Crippen molar-refractivity contribution in [2.75, 3.05) is 12.8 Å². The molecule has 0 saturated heterocycles. The minimum atomic E-state index is 0.135. The summed E-state index contributed by atoms with van der Waals surface area (Å²) in [6.07, 6.45) is 0. The summed E-state index contributed by atoms with van der Waals surface area (Å²) in [4.78, 5) is 4.13. The van der Waals surface area contributed by atoms with Crippen LogP contribution in [0.1, 0.15) is 11.3 Å². The Balaban J connectivity index is 2.66. The molecule has 0 aliphatic carbocycles. The first-order valence-electron chi connectivity index (χ1n) is 5.10. The van der Waals surface area contributed by atoms with Crippen LogP contribution in [-0.4, -0.2) is 12.1 Å². The molecule has 2 N–H and O–H groups in total. The lowest BCUT2D eigenvalue weighted by molar-refractivity contribution is 0.416. The number of nitrogens with zero attached hydrogens (tertiary/aromatic N) is 1. The number of nitrogens with two attached hydrogens (primary N) is 1. The van der Waals surface area contributed by atoms with Crippen molar-refractivity contribution in [3.63, 3.8) is 0 Å². The molecule has 0 atom stereocenters. The van der Waals surface area contributed by atoms with Crippen LogP contribution in [0.4, 0.5) is 6.01 Å². The van der Waals surface area contributed by atoms with Crippen LogP contribution >= 0.6 is 11.6 Å². The number of anilines is 1. The quantitative estimate of drug-likeness (QED) is 0.892. The summed E-state index contributed by atoms with van der Waals surface area (Å²) < 4.78 is 10.5. The summed E-state index contributed by atoms with van der Waals surface area (Å²) in [5, 5.41) is 0.654. The van der Waals surface area contributed by atoms with Crippen molar-refractivity contribution in [1.82, 2.24) is 4.98 Å². The van der Waals surface area contributed by atoms with Crippen LogP contribution in [0.15, 0.2) is 16.5 Å². The number of rotatable bonds is 2. The highest BCUT2D eigenvalue weighted by Gasteiger charge is 2.16. The van der Waals surface area contributed by atoms with E-state index in [1.165, 1.54) is 0 Å². The van der Waals surface area contributed by atoms with Crippen LogP contribution in [-0.2, 0) is 0 Å². The van der Waals surface area contributed by atoms with Gasteiger partial charge in [-0.2, -0.15) is 4.98 Å². The zero-order valence-corrected chi connectivity index (χ0v) is 10.6. The van der Waals surface area contributed by atoms with Gasteiger partial charge in [0.2, 0.25) is 0 Å². The van der Waals surface area contributed by atoms with Crippen LogP contribution in [0.5, 0.6) is 5.75 Å². The smallest absolute Gasteiger partial charge is 0.292 e. The molecule has 0 fully saturated rings. The molecule has 0 saturated carbocycles. The first-order valence-corrected chi connectivity index (χ1v) is 5.48. The number of aromatic nitrogens is 1. The minimum absolute atomic E-state index is 0.135. The number of nitrogen functional groups attached to an aromatic ring is 1. The van der Waals surface area contributed by atoms with Gasteiger partial charge < -0.3 is 14.9 Å². The molecule has 5 heteroatoms. The molecule has 1 aromatic carbocycles. The summed E-state index contributed by atoms with van der Waals surface area (Å²) in [5.74, 6) is 1.34. The lowest BCUT2D eigenvalue weighted by Gasteiger charge is -2.09. The van der Waals surface area contributed by atoms with Crippen molar-refractivity contribution in [2.24, 2.45) is 0 Å². The second-order valence-corrected chi connectivity index (χ2v) is 4.17. The summed E-state index contributed by atoms with van der Waals surface area (Å²) in [6, 6.07) is 3.80. The molecule has 90 valence electrons. The SMILES string of the molecule is COc1cc(C)c(Cl)cc1-c1nc(N)oc1C. The molecular formula is C12H13ClN2O2. The summed E-state index contributed by atoms with van der Waals surface area (Å²) in [6.45, 7) is 3.71. The van der Waals surface area contributed by atoms with Crippen molar-refractivity contribution in [3.05, 3.63) is 28.5 Å². The maximum absolute atomic E-state index is 6.11. The van der Waals surface area contributed by atoms with Gasteiger partial charge in [0.05, 0.1) is 7.11 Å². The highest BCUT2D eigenvalue weighted by atomic mass is 35.5. The summed E-state index contributed by atoms with van der Waals surface area (Å²) in [7, 11) is 1.60.